The average molecular weight is 321 g/mol. The molecule has 0 aromatic carbocycles. The molecule has 0 bridgehead atoms. The second-order valence-corrected chi connectivity index (χ2v) is 6.15. The Kier molecular flexibility index (Phi) is 6.67. The Bertz CT molecular complexity index is 481. The minimum atomic E-state index is -0.706. The summed E-state index contributed by atoms with van der Waals surface area (Å²) >= 11 is 0. The Morgan fingerprint density at radius 2 is 2.30 bits per heavy atom. The van der Waals surface area contributed by atoms with Crippen LogP contribution in [0.15, 0.2) is 35.5 Å². The number of furan rings is 1. The number of urea groups is 1. The van der Waals surface area contributed by atoms with Crippen LogP contribution in [0.1, 0.15) is 38.1 Å². The molecular formula is C17H27N3O3. The molecule has 6 heteroatoms. The highest BCUT2D eigenvalue weighted by atomic mass is 16.4. The van der Waals surface area contributed by atoms with E-state index >= 15 is 0 Å². The van der Waals surface area contributed by atoms with Crippen LogP contribution in [0.5, 0.6) is 0 Å². The summed E-state index contributed by atoms with van der Waals surface area (Å²) in [5.74, 6) is 0.522. The summed E-state index contributed by atoms with van der Waals surface area (Å²) in [7, 11) is 0. The SMILES string of the molecule is C=CCN1CCC(NC(=O)N[C@@H](C)C[C@@H](O)c2ccco2)CC1. The molecule has 1 fully saturated rings. The van der Waals surface area contributed by atoms with Crippen molar-refractivity contribution in [3.8, 4) is 0 Å². The summed E-state index contributed by atoms with van der Waals surface area (Å²) in [4.78, 5) is 14.4. The largest absolute Gasteiger partial charge is 0.467 e. The predicted molar refractivity (Wildman–Crippen MR) is 89.1 cm³/mol. The van der Waals surface area contributed by atoms with E-state index in [-0.39, 0.29) is 18.1 Å². The van der Waals surface area contributed by atoms with Crippen LogP contribution in [0.25, 0.3) is 0 Å². The van der Waals surface area contributed by atoms with E-state index in [0.29, 0.717) is 12.2 Å². The Balaban J connectivity index is 1.67. The normalized spacial score (nSPS) is 19.0. The Hall–Kier alpha value is -1.79. The molecule has 0 saturated carbocycles. The van der Waals surface area contributed by atoms with Crippen molar-refractivity contribution in [3.05, 3.63) is 36.8 Å². The summed E-state index contributed by atoms with van der Waals surface area (Å²) in [6.45, 7) is 8.48. The molecule has 1 aromatic heterocycles. The van der Waals surface area contributed by atoms with Crippen LogP contribution in [0.4, 0.5) is 4.79 Å². The third-order valence-electron chi connectivity index (χ3n) is 4.14. The Labute approximate surface area is 137 Å². The first-order chi connectivity index (χ1) is 11.1. The maximum absolute atomic E-state index is 12.0. The number of rotatable bonds is 7. The van der Waals surface area contributed by atoms with Crippen molar-refractivity contribution in [2.75, 3.05) is 19.6 Å². The molecule has 23 heavy (non-hydrogen) atoms. The van der Waals surface area contributed by atoms with Crippen molar-refractivity contribution in [1.82, 2.24) is 15.5 Å². The molecule has 2 atom stereocenters. The number of hydrogen-bond acceptors (Lipinski definition) is 4. The van der Waals surface area contributed by atoms with Crippen LogP contribution in [0, 0.1) is 0 Å². The smallest absolute Gasteiger partial charge is 0.315 e. The molecular weight excluding hydrogens is 294 g/mol. The van der Waals surface area contributed by atoms with Crippen LogP contribution >= 0.6 is 0 Å². The van der Waals surface area contributed by atoms with E-state index < -0.39 is 6.10 Å². The molecule has 1 aliphatic rings. The summed E-state index contributed by atoms with van der Waals surface area (Å²) in [5.41, 5.74) is 0. The van der Waals surface area contributed by atoms with Crippen molar-refractivity contribution in [2.24, 2.45) is 0 Å². The maximum atomic E-state index is 12.0. The molecule has 0 unspecified atom stereocenters. The molecule has 1 aliphatic heterocycles. The Morgan fingerprint density at radius 3 is 2.91 bits per heavy atom. The van der Waals surface area contributed by atoms with Crippen LogP contribution in [0.3, 0.4) is 0 Å². The summed E-state index contributed by atoms with van der Waals surface area (Å²) in [5, 5.41) is 15.9. The molecule has 0 radical (unpaired) electrons. The first-order valence-electron chi connectivity index (χ1n) is 8.20. The zero-order chi connectivity index (χ0) is 16.7. The van der Waals surface area contributed by atoms with E-state index in [1.165, 1.54) is 6.26 Å². The molecule has 3 N–H and O–H groups in total. The van der Waals surface area contributed by atoms with Gasteiger partial charge >= 0.3 is 6.03 Å². The number of hydrogen-bond donors (Lipinski definition) is 3. The number of amides is 2. The number of carbonyl (C=O) groups excluding carboxylic acids is 1. The van der Waals surface area contributed by atoms with Crippen molar-refractivity contribution >= 4 is 6.03 Å². The predicted octanol–water partition coefficient (Wildman–Crippen LogP) is 2.04. The molecule has 0 spiro atoms. The second-order valence-electron chi connectivity index (χ2n) is 6.15. The molecule has 2 amide bonds. The Morgan fingerprint density at radius 1 is 1.57 bits per heavy atom. The van der Waals surface area contributed by atoms with Crippen LogP contribution < -0.4 is 10.6 Å². The van der Waals surface area contributed by atoms with Gasteiger partial charge < -0.3 is 20.2 Å². The minimum absolute atomic E-state index is 0.143. The van der Waals surface area contributed by atoms with E-state index in [1.807, 2.05) is 13.0 Å². The molecule has 2 rings (SSSR count). The van der Waals surface area contributed by atoms with Crippen molar-refractivity contribution in [2.45, 2.75) is 44.4 Å². The van der Waals surface area contributed by atoms with Gasteiger partial charge in [-0.2, -0.15) is 0 Å². The minimum Gasteiger partial charge on any atom is -0.467 e. The lowest BCUT2D eigenvalue weighted by atomic mass is 10.1. The van der Waals surface area contributed by atoms with Gasteiger partial charge in [-0.25, -0.2) is 4.79 Å². The number of likely N-dealkylation sites (tertiary alicyclic amines) is 1. The first kappa shape index (κ1) is 17.6. The van der Waals surface area contributed by atoms with Crippen LogP contribution in [0.2, 0.25) is 0 Å². The lowest BCUT2D eigenvalue weighted by Crippen LogP contribution is -2.49. The van der Waals surface area contributed by atoms with Crippen molar-refractivity contribution in [1.29, 1.82) is 0 Å². The standard InChI is InChI=1S/C17H27N3O3/c1-3-8-20-9-6-14(7-10-20)19-17(22)18-13(2)12-15(21)16-5-4-11-23-16/h3-5,11,13-15,21H,1,6-10,12H2,2H3,(H2,18,19,22)/t13-,15+/m0/s1. The topological polar surface area (TPSA) is 77.7 Å². The number of aliphatic hydroxyl groups excluding tert-OH is 1. The molecule has 0 aliphatic carbocycles. The third kappa shape index (κ3) is 5.73. The number of nitrogens with zero attached hydrogens (tertiary/aromatic N) is 1. The molecule has 128 valence electrons. The van der Waals surface area contributed by atoms with Gasteiger partial charge in [0.15, 0.2) is 0 Å². The van der Waals surface area contributed by atoms with E-state index in [1.54, 1.807) is 12.1 Å². The van der Waals surface area contributed by atoms with Gasteiger partial charge in [0.2, 0.25) is 0 Å². The van der Waals surface area contributed by atoms with Gasteiger partial charge in [-0.3, -0.25) is 4.90 Å². The lowest BCUT2D eigenvalue weighted by Gasteiger charge is -2.31. The first-order valence-corrected chi connectivity index (χ1v) is 8.20. The van der Waals surface area contributed by atoms with E-state index in [4.69, 9.17) is 4.42 Å². The van der Waals surface area contributed by atoms with E-state index in [9.17, 15) is 9.90 Å². The van der Waals surface area contributed by atoms with Crippen molar-refractivity contribution < 1.29 is 14.3 Å². The highest BCUT2D eigenvalue weighted by Crippen LogP contribution is 2.18. The number of aliphatic hydroxyl groups is 1. The quantitative estimate of drug-likeness (QED) is 0.672. The number of piperidine rings is 1. The van der Waals surface area contributed by atoms with Gasteiger partial charge in [0, 0.05) is 38.1 Å². The molecule has 6 nitrogen and oxygen atoms in total. The second kappa shape index (κ2) is 8.74. The summed E-state index contributed by atoms with van der Waals surface area (Å²) in [6.07, 6.45) is 5.05. The van der Waals surface area contributed by atoms with E-state index in [0.717, 1.165) is 32.5 Å². The third-order valence-corrected chi connectivity index (χ3v) is 4.14. The van der Waals surface area contributed by atoms with E-state index in [2.05, 4.69) is 22.1 Å². The fraction of sp³-hybridized carbons (Fsp3) is 0.588. The number of carbonyl (C=O) groups is 1. The highest BCUT2D eigenvalue weighted by molar-refractivity contribution is 5.74. The average Bonchev–Trinajstić information content (AvgIpc) is 3.03. The molecule has 1 saturated heterocycles. The fourth-order valence-corrected chi connectivity index (χ4v) is 2.88. The maximum Gasteiger partial charge on any atom is 0.315 e. The zero-order valence-corrected chi connectivity index (χ0v) is 13.7. The van der Waals surface area contributed by atoms with Gasteiger partial charge in [-0.05, 0) is 31.9 Å². The van der Waals surface area contributed by atoms with Gasteiger partial charge in [0.05, 0.1) is 6.26 Å². The lowest BCUT2D eigenvalue weighted by molar-refractivity contribution is 0.129. The van der Waals surface area contributed by atoms with Crippen LogP contribution in [-0.4, -0.2) is 47.8 Å². The summed E-state index contributed by atoms with van der Waals surface area (Å²) in [6, 6.07) is 3.36. The van der Waals surface area contributed by atoms with Gasteiger partial charge in [0.25, 0.3) is 0 Å². The van der Waals surface area contributed by atoms with Crippen LogP contribution in [-0.2, 0) is 0 Å². The highest BCUT2D eigenvalue weighted by Gasteiger charge is 2.21. The fourth-order valence-electron chi connectivity index (χ4n) is 2.88. The number of nitrogens with one attached hydrogen (secondary N) is 2. The van der Waals surface area contributed by atoms with Gasteiger partial charge in [-0.1, -0.05) is 6.08 Å². The zero-order valence-electron chi connectivity index (χ0n) is 13.7. The summed E-state index contributed by atoms with van der Waals surface area (Å²) < 4.78 is 5.16. The van der Waals surface area contributed by atoms with Gasteiger partial charge in [0.1, 0.15) is 11.9 Å². The van der Waals surface area contributed by atoms with Gasteiger partial charge in [-0.15, -0.1) is 6.58 Å². The molecule has 2 heterocycles. The van der Waals surface area contributed by atoms with Crippen molar-refractivity contribution in [3.63, 3.8) is 0 Å². The molecule has 1 aromatic rings. The monoisotopic (exact) mass is 321 g/mol.